The van der Waals surface area contributed by atoms with E-state index in [9.17, 15) is 4.79 Å². The fraction of sp³-hybridized carbons (Fsp3) is 0.222. The average molecular weight is 476 g/mol. The number of nitrogen functional groups attached to an aromatic ring is 1. The van der Waals surface area contributed by atoms with Crippen molar-refractivity contribution in [2.45, 2.75) is 33.7 Å². The first-order valence-corrected chi connectivity index (χ1v) is 11.5. The number of aryl methyl sites for hydroxylation is 2. The third-order valence-electron chi connectivity index (χ3n) is 5.93. The second-order valence-corrected chi connectivity index (χ2v) is 8.91. The molecule has 4 aromatic rings. The zero-order valence-corrected chi connectivity index (χ0v) is 20.7. The van der Waals surface area contributed by atoms with Gasteiger partial charge in [0.15, 0.2) is 11.6 Å². The number of anilines is 2. The number of pyridine rings is 1. The summed E-state index contributed by atoms with van der Waals surface area (Å²) in [6.45, 7) is 7.71. The van der Waals surface area contributed by atoms with Gasteiger partial charge in [0.25, 0.3) is 0 Å². The maximum Gasteiger partial charge on any atom is 0.196 e. The van der Waals surface area contributed by atoms with Crippen molar-refractivity contribution in [3.63, 3.8) is 0 Å². The predicted octanol–water partition coefficient (Wildman–Crippen LogP) is 4.32. The molecule has 0 aliphatic carbocycles. The molecular formula is C27H28ClN4O2+. The second kappa shape index (κ2) is 9.31. The Balaban J connectivity index is 1.90. The van der Waals surface area contributed by atoms with Crippen LogP contribution in [0.5, 0.6) is 0 Å². The number of halogens is 1. The number of nitrogens with zero attached hydrogens (tertiary/aromatic N) is 1. The molecule has 2 heterocycles. The second-order valence-electron chi connectivity index (χ2n) is 8.53. The number of nitrogens with one attached hydrogen (secondary N) is 2. The molecule has 0 fully saturated rings. The van der Waals surface area contributed by atoms with Crippen LogP contribution >= 0.6 is 11.6 Å². The Labute approximate surface area is 203 Å². The maximum absolute atomic E-state index is 13.4. The number of fused-ring (bicyclic) bond motifs is 1. The number of hydrogen-bond donors (Lipinski definition) is 3. The van der Waals surface area contributed by atoms with Gasteiger partial charge in [-0.25, -0.2) is 4.98 Å². The van der Waals surface area contributed by atoms with Gasteiger partial charge in [0.2, 0.25) is 0 Å². The first-order chi connectivity index (χ1) is 16.2. The number of nitrogens with two attached hydrogens (primary N) is 1. The van der Waals surface area contributed by atoms with Gasteiger partial charge in [0, 0.05) is 22.4 Å². The van der Waals surface area contributed by atoms with Crippen LogP contribution in [0.15, 0.2) is 51.7 Å². The predicted molar refractivity (Wildman–Crippen MR) is 140 cm³/mol. The van der Waals surface area contributed by atoms with Crippen LogP contribution in [-0.4, -0.2) is 18.2 Å². The molecule has 0 saturated heterocycles. The summed E-state index contributed by atoms with van der Waals surface area (Å²) in [4.78, 5) is 20.7. The van der Waals surface area contributed by atoms with Crippen molar-refractivity contribution < 1.29 is 9.41 Å². The third-order valence-corrected chi connectivity index (χ3v) is 6.14. The molecule has 7 heteroatoms. The fourth-order valence-electron chi connectivity index (χ4n) is 4.16. The summed E-state index contributed by atoms with van der Waals surface area (Å²) in [7, 11) is 1.81. The summed E-state index contributed by atoms with van der Waals surface area (Å²) in [6.07, 6.45) is 1.82. The molecule has 0 aliphatic rings. The summed E-state index contributed by atoms with van der Waals surface area (Å²) < 4.78 is 6.47. The van der Waals surface area contributed by atoms with Crippen LogP contribution in [0.1, 0.15) is 40.9 Å². The maximum atomic E-state index is 13.4. The minimum Gasteiger partial charge on any atom is -0.455 e. The standard InChI is InChI=1S/C27H27ClN4O2/c1-14-10-20(16(3)31-23-8-9-24(28)32-17(23)4)27-21(11-14)25(33)15(2)26(34-27)18-6-7-22(29)19(12-18)13-30-5/h6-13,16,31H,29H2,1-5H3/p+1/t16-/m1/s1. The molecule has 0 radical (unpaired) electrons. The van der Waals surface area contributed by atoms with E-state index in [0.29, 0.717) is 33.1 Å². The highest BCUT2D eigenvalue weighted by atomic mass is 35.5. The topological polar surface area (TPSA) is 95.1 Å². The quantitative estimate of drug-likeness (QED) is 0.227. The lowest BCUT2D eigenvalue weighted by molar-refractivity contribution is -0.413. The fourth-order valence-corrected chi connectivity index (χ4v) is 4.34. The number of aromatic nitrogens is 1. The van der Waals surface area contributed by atoms with Gasteiger partial charge >= 0.3 is 0 Å². The van der Waals surface area contributed by atoms with Crippen LogP contribution in [-0.2, 0) is 0 Å². The van der Waals surface area contributed by atoms with Gasteiger partial charge in [-0.2, -0.15) is 0 Å². The highest BCUT2D eigenvalue weighted by Gasteiger charge is 2.20. The summed E-state index contributed by atoms with van der Waals surface area (Å²) in [6, 6.07) is 13.0. The first-order valence-electron chi connectivity index (χ1n) is 11.1. The van der Waals surface area contributed by atoms with Crippen LogP contribution in [0.3, 0.4) is 0 Å². The van der Waals surface area contributed by atoms with E-state index in [4.69, 9.17) is 21.8 Å². The van der Waals surface area contributed by atoms with Gasteiger partial charge in [-0.1, -0.05) is 17.7 Å². The van der Waals surface area contributed by atoms with Crippen LogP contribution in [0.25, 0.3) is 22.3 Å². The first kappa shape index (κ1) is 23.5. The van der Waals surface area contributed by atoms with Crippen molar-refractivity contribution in [3.8, 4) is 11.3 Å². The Morgan fingerprint density at radius 2 is 1.91 bits per heavy atom. The molecule has 2 aromatic heterocycles. The molecule has 0 bridgehead atoms. The molecule has 4 N–H and O–H groups in total. The average Bonchev–Trinajstić information content (AvgIpc) is 2.79. The lowest BCUT2D eigenvalue weighted by Crippen LogP contribution is -2.63. The molecule has 2 aromatic carbocycles. The Bertz CT molecular complexity index is 1490. The molecule has 34 heavy (non-hydrogen) atoms. The van der Waals surface area contributed by atoms with E-state index in [2.05, 4.69) is 15.3 Å². The van der Waals surface area contributed by atoms with Gasteiger partial charge in [0.05, 0.1) is 28.4 Å². The molecule has 6 nitrogen and oxygen atoms in total. The van der Waals surface area contributed by atoms with E-state index in [1.807, 2.05) is 70.4 Å². The monoisotopic (exact) mass is 475 g/mol. The molecule has 174 valence electrons. The summed E-state index contributed by atoms with van der Waals surface area (Å²) in [5, 5.41) is 4.50. The van der Waals surface area contributed by atoms with Crippen LogP contribution in [0.2, 0.25) is 5.15 Å². The SMILES string of the molecule is C[NH+]=Cc1cc(-c2oc3c([C@@H](C)Nc4ccc(Cl)nc4C)cc(C)cc3c(=O)c2C)ccc1N. The van der Waals surface area contributed by atoms with Crippen molar-refractivity contribution >= 4 is 40.2 Å². The zero-order valence-electron chi connectivity index (χ0n) is 19.9. The van der Waals surface area contributed by atoms with Crippen molar-refractivity contribution in [1.82, 2.24) is 4.98 Å². The Morgan fingerprint density at radius 3 is 2.62 bits per heavy atom. The number of rotatable bonds is 5. The van der Waals surface area contributed by atoms with Crippen molar-refractivity contribution in [2.24, 2.45) is 0 Å². The molecule has 4 rings (SSSR count). The molecule has 0 saturated carbocycles. The molecule has 0 amide bonds. The van der Waals surface area contributed by atoms with Gasteiger partial charge in [-0.3, -0.25) is 9.79 Å². The summed E-state index contributed by atoms with van der Waals surface area (Å²) >= 11 is 6.02. The lowest BCUT2D eigenvalue weighted by atomic mass is 9.98. The van der Waals surface area contributed by atoms with Gasteiger partial charge in [-0.05, 0) is 69.7 Å². The smallest absolute Gasteiger partial charge is 0.196 e. The van der Waals surface area contributed by atoms with E-state index < -0.39 is 0 Å². The van der Waals surface area contributed by atoms with Gasteiger partial charge < -0.3 is 15.5 Å². The Hall–Kier alpha value is -3.64. The molecular weight excluding hydrogens is 448 g/mol. The van der Waals surface area contributed by atoms with E-state index in [0.717, 1.165) is 33.6 Å². The molecule has 0 unspecified atom stereocenters. The lowest BCUT2D eigenvalue weighted by Gasteiger charge is -2.20. The van der Waals surface area contributed by atoms with Crippen molar-refractivity contribution in [3.05, 3.63) is 85.8 Å². The normalized spacial score (nSPS) is 12.4. The van der Waals surface area contributed by atoms with Gasteiger partial charge in [0.1, 0.15) is 23.5 Å². The highest BCUT2D eigenvalue weighted by Crippen LogP contribution is 2.33. The van der Waals surface area contributed by atoms with Crippen LogP contribution in [0.4, 0.5) is 11.4 Å². The minimum atomic E-state index is -0.151. The molecule has 0 spiro atoms. The number of benzene rings is 2. The summed E-state index contributed by atoms with van der Waals surface area (Å²) in [5.41, 5.74) is 13.0. The van der Waals surface area contributed by atoms with E-state index in [1.165, 1.54) is 0 Å². The van der Waals surface area contributed by atoms with Crippen LogP contribution < -0.4 is 21.5 Å². The van der Waals surface area contributed by atoms with E-state index >= 15 is 0 Å². The Kier molecular flexibility index (Phi) is 6.44. The molecule has 1 atom stereocenters. The van der Waals surface area contributed by atoms with E-state index in [1.54, 1.807) is 13.0 Å². The van der Waals surface area contributed by atoms with Crippen LogP contribution in [0, 0.1) is 20.8 Å². The molecule has 0 aliphatic heterocycles. The van der Waals surface area contributed by atoms with Crippen molar-refractivity contribution in [1.29, 1.82) is 0 Å². The summed E-state index contributed by atoms with van der Waals surface area (Å²) in [5.74, 6) is 0.532. The highest BCUT2D eigenvalue weighted by molar-refractivity contribution is 6.29. The van der Waals surface area contributed by atoms with Crippen molar-refractivity contribution in [2.75, 3.05) is 18.1 Å². The van der Waals surface area contributed by atoms with Gasteiger partial charge in [-0.15, -0.1) is 0 Å². The Morgan fingerprint density at radius 1 is 1.15 bits per heavy atom. The van der Waals surface area contributed by atoms with E-state index in [-0.39, 0.29) is 11.5 Å². The number of hydrogen-bond acceptors (Lipinski definition) is 5. The third kappa shape index (κ3) is 4.41. The zero-order chi connectivity index (χ0) is 24.6. The minimum absolute atomic E-state index is 0.0475. The largest absolute Gasteiger partial charge is 0.455 e.